The summed E-state index contributed by atoms with van der Waals surface area (Å²) in [4.78, 5) is 4.40. The number of fused-ring (bicyclic) bond motifs is 1. The molecular formula is C11H10Cl2N2. The molecule has 1 N–H and O–H groups in total. The van der Waals surface area contributed by atoms with Gasteiger partial charge in [-0.25, -0.2) is 4.98 Å². The zero-order chi connectivity index (χ0) is 10.8. The number of hydrogen-bond donors (Lipinski definition) is 1. The monoisotopic (exact) mass is 240 g/mol. The Balaban J connectivity index is 2.60. The number of nitrogens with zero attached hydrogens (tertiary/aromatic N) is 1. The SMILES string of the molecule is CCNc1ccc2cc(Cl)cc(Cl)c2n1. The van der Waals surface area contributed by atoms with Gasteiger partial charge in [-0.05, 0) is 31.2 Å². The van der Waals surface area contributed by atoms with Crippen molar-refractivity contribution in [2.24, 2.45) is 0 Å². The van der Waals surface area contributed by atoms with Crippen molar-refractivity contribution in [3.63, 3.8) is 0 Å². The van der Waals surface area contributed by atoms with Crippen molar-refractivity contribution in [3.05, 3.63) is 34.3 Å². The Labute approximate surface area is 98.2 Å². The Hall–Kier alpha value is -0.990. The van der Waals surface area contributed by atoms with Gasteiger partial charge >= 0.3 is 0 Å². The first-order valence-electron chi connectivity index (χ1n) is 4.70. The number of rotatable bonds is 2. The average Bonchev–Trinajstić information content (AvgIpc) is 2.19. The van der Waals surface area contributed by atoms with E-state index in [0.29, 0.717) is 10.0 Å². The van der Waals surface area contributed by atoms with Gasteiger partial charge < -0.3 is 5.32 Å². The number of nitrogens with one attached hydrogen (secondary N) is 1. The largest absolute Gasteiger partial charge is 0.370 e. The van der Waals surface area contributed by atoms with Crippen molar-refractivity contribution in [1.29, 1.82) is 0 Å². The van der Waals surface area contributed by atoms with Crippen molar-refractivity contribution in [3.8, 4) is 0 Å². The molecule has 0 aliphatic rings. The third-order valence-corrected chi connectivity index (χ3v) is 2.57. The van der Waals surface area contributed by atoms with Crippen LogP contribution >= 0.6 is 23.2 Å². The van der Waals surface area contributed by atoms with E-state index in [0.717, 1.165) is 23.3 Å². The van der Waals surface area contributed by atoms with Crippen LogP contribution in [0.1, 0.15) is 6.92 Å². The van der Waals surface area contributed by atoms with Crippen molar-refractivity contribution in [1.82, 2.24) is 4.98 Å². The van der Waals surface area contributed by atoms with E-state index in [1.807, 2.05) is 25.1 Å². The molecule has 2 nitrogen and oxygen atoms in total. The minimum atomic E-state index is 0.581. The summed E-state index contributed by atoms with van der Waals surface area (Å²) in [5.41, 5.74) is 0.777. The van der Waals surface area contributed by atoms with Crippen LogP contribution < -0.4 is 5.32 Å². The Morgan fingerprint density at radius 1 is 1.27 bits per heavy atom. The number of aromatic nitrogens is 1. The average molecular weight is 241 g/mol. The minimum Gasteiger partial charge on any atom is -0.370 e. The van der Waals surface area contributed by atoms with Crippen molar-refractivity contribution in [2.75, 3.05) is 11.9 Å². The Bertz CT molecular complexity index is 497. The first-order chi connectivity index (χ1) is 7.20. The second-order valence-electron chi connectivity index (χ2n) is 3.19. The number of halogens is 2. The van der Waals surface area contributed by atoms with Crippen molar-refractivity contribution in [2.45, 2.75) is 6.92 Å². The molecule has 0 unspecified atom stereocenters. The normalized spacial score (nSPS) is 10.6. The van der Waals surface area contributed by atoms with Gasteiger partial charge in [0.25, 0.3) is 0 Å². The van der Waals surface area contributed by atoms with Gasteiger partial charge in [0.15, 0.2) is 0 Å². The second-order valence-corrected chi connectivity index (χ2v) is 4.03. The zero-order valence-electron chi connectivity index (χ0n) is 8.22. The molecule has 0 fully saturated rings. The Kier molecular flexibility index (Phi) is 2.98. The molecule has 0 amide bonds. The molecule has 0 aliphatic heterocycles. The molecule has 1 heterocycles. The smallest absolute Gasteiger partial charge is 0.126 e. The van der Waals surface area contributed by atoms with Crippen molar-refractivity contribution >= 4 is 39.9 Å². The third-order valence-electron chi connectivity index (χ3n) is 2.07. The Morgan fingerprint density at radius 3 is 2.80 bits per heavy atom. The highest BCUT2D eigenvalue weighted by molar-refractivity contribution is 6.38. The fourth-order valence-electron chi connectivity index (χ4n) is 1.44. The fourth-order valence-corrected chi connectivity index (χ4v) is 1.99. The summed E-state index contributed by atoms with van der Waals surface area (Å²) in [5.74, 6) is 0.828. The summed E-state index contributed by atoms with van der Waals surface area (Å²) in [5, 5.41) is 5.30. The maximum atomic E-state index is 6.06. The van der Waals surface area contributed by atoms with Gasteiger partial charge in [0.05, 0.1) is 10.5 Å². The molecule has 2 aromatic rings. The molecule has 4 heteroatoms. The lowest BCUT2D eigenvalue weighted by Gasteiger charge is -2.05. The minimum absolute atomic E-state index is 0.581. The van der Waals surface area contributed by atoms with Crippen LogP contribution in [-0.4, -0.2) is 11.5 Å². The van der Waals surface area contributed by atoms with E-state index in [1.54, 1.807) is 6.07 Å². The lowest BCUT2D eigenvalue weighted by atomic mass is 10.2. The maximum Gasteiger partial charge on any atom is 0.126 e. The summed E-state index contributed by atoms with van der Waals surface area (Å²) in [6.07, 6.45) is 0. The van der Waals surface area contributed by atoms with E-state index in [9.17, 15) is 0 Å². The molecule has 0 spiro atoms. The molecule has 0 saturated heterocycles. The summed E-state index contributed by atoms with van der Waals surface area (Å²) >= 11 is 12.0. The second kappa shape index (κ2) is 4.25. The van der Waals surface area contributed by atoms with Crippen molar-refractivity contribution < 1.29 is 0 Å². The van der Waals surface area contributed by atoms with E-state index < -0.39 is 0 Å². The first kappa shape index (κ1) is 10.5. The standard InChI is InChI=1S/C11H10Cl2N2/c1-2-14-10-4-3-7-5-8(12)6-9(13)11(7)15-10/h3-6H,2H2,1H3,(H,14,15). The molecule has 2 rings (SSSR count). The number of hydrogen-bond acceptors (Lipinski definition) is 2. The van der Waals surface area contributed by atoms with Gasteiger partial charge in [0.2, 0.25) is 0 Å². The highest BCUT2D eigenvalue weighted by Gasteiger charge is 2.03. The van der Waals surface area contributed by atoms with Gasteiger partial charge in [0, 0.05) is 17.0 Å². The number of benzene rings is 1. The van der Waals surface area contributed by atoms with Gasteiger partial charge in [0.1, 0.15) is 5.82 Å². The predicted molar refractivity (Wildman–Crippen MR) is 65.9 cm³/mol. The van der Waals surface area contributed by atoms with Gasteiger partial charge in [-0.1, -0.05) is 23.2 Å². The first-order valence-corrected chi connectivity index (χ1v) is 5.46. The van der Waals surface area contributed by atoms with Gasteiger partial charge in [-0.2, -0.15) is 0 Å². The highest BCUT2D eigenvalue weighted by Crippen LogP contribution is 2.27. The zero-order valence-corrected chi connectivity index (χ0v) is 9.73. The molecule has 0 bridgehead atoms. The van der Waals surface area contributed by atoms with Crippen LogP contribution in [-0.2, 0) is 0 Å². The van der Waals surface area contributed by atoms with Crippen LogP contribution in [0.3, 0.4) is 0 Å². The molecule has 15 heavy (non-hydrogen) atoms. The predicted octanol–water partition coefficient (Wildman–Crippen LogP) is 3.97. The molecule has 0 saturated carbocycles. The number of anilines is 1. The fraction of sp³-hybridized carbons (Fsp3) is 0.182. The molecule has 1 aromatic carbocycles. The summed E-state index contributed by atoms with van der Waals surface area (Å²) < 4.78 is 0. The van der Waals surface area contributed by atoms with E-state index in [-0.39, 0.29) is 0 Å². The molecular weight excluding hydrogens is 231 g/mol. The van der Waals surface area contributed by atoms with E-state index in [2.05, 4.69) is 10.3 Å². The topological polar surface area (TPSA) is 24.9 Å². The summed E-state index contributed by atoms with van der Waals surface area (Å²) in [6.45, 7) is 2.86. The van der Waals surface area contributed by atoms with Crippen LogP contribution in [0.15, 0.2) is 24.3 Å². The lowest BCUT2D eigenvalue weighted by Crippen LogP contribution is -1.98. The Morgan fingerprint density at radius 2 is 2.07 bits per heavy atom. The highest BCUT2D eigenvalue weighted by atomic mass is 35.5. The molecule has 0 aliphatic carbocycles. The van der Waals surface area contributed by atoms with Crippen LogP contribution in [0.2, 0.25) is 10.0 Å². The van der Waals surface area contributed by atoms with Gasteiger partial charge in [-0.15, -0.1) is 0 Å². The van der Waals surface area contributed by atoms with E-state index >= 15 is 0 Å². The van der Waals surface area contributed by atoms with Crippen LogP contribution in [0.4, 0.5) is 5.82 Å². The quantitative estimate of drug-likeness (QED) is 0.860. The molecule has 1 aromatic heterocycles. The maximum absolute atomic E-state index is 6.06. The lowest BCUT2D eigenvalue weighted by molar-refractivity contribution is 1.17. The van der Waals surface area contributed by atoms with E-state index in [1.165, 1.54) is 0 Å². The van der Waals surface area contributed by atoms with Gasteiger partial charge in [-0.3, -0.25) is 0 Å². The third kappa shape index (κ3) is 2.16. The van der Waals surface area contributed by atoms with Crippen LogP contribution in [0, 0.1) is 0 Å². The summed E-state index contributed by atoms with van der Waals surface area (Å²) in [7, 11) is 0. The molecule has 0 radical (unpaired) electrons. The van der Waals surface area contributed by atoms with Crippen LogP contribution in [0.5, 0.6) is 0 Å². The van der Waals surface area contributed by atoms with Crippen LogP contribution in [0.25, 0.3) is 10.9 Å². The summed E-state index contributed by atoms with van der Waals surface area (Å²) in [6, 6.07) is 7.43. The van der Waals surface area contributed by atoms with E-state index in [4.69, 9.17) is 23.2 Å². The number of pyridine rings is 1. The molecule has 0 atom stereocenters. The molecule has 78 valence electrons.